The molecule has 0 saturated carbocycles. The Balaban J connectivity index is 1.92. The summed E-state index contributed by atoms with van der Waals surface area (Å²) in [5, 5.41) is 5.42. The van der Waals surface area contributed by atoms with Gasteiger partial charge >= 0.3 is 0 Å². The Bertz CT molecular complexity index is 732. The van der Waals surface area contributed by atoms with Crippen molar-refractivity contribution in [2.45, 2.75) is 44.6 Å². The van der Waals surface area contributed by atoms with Crippen LogP contribution in [0.3, 0.4) is 0 Å². The van der Waals surface area contributed by atoms with Crippen LogP contribution in [0.15, 0.2) is 35.8 Å². The molecular formula is C20H26N2O3S. The largest absolute Gasteiger partial charge is 0.496 e. The van der Waals surface area contributed by atoms with Gasteiger partial charge in [-0.3, -0.25) is 4.79 Å². The first-order valence-corrected chi connectivity index (χ1v) is 9.86. The zero-order valence-corrected chi connectivity index (χ0v) is 16.3. The molecule has 2 aromatic rings. The van der Waals surface area contributed by atoms with Gasteiger partial charge in [0.25, 0.3) is 0 Å². The van der Waals surface area contributed by atoms with E-state index in [1.807, 2.05) is 23.6 Å². The predicted molar refractivity (Wildman–Crippen MR) is 104 cm³/mol. The van der Waals surface area contributed by atoms with Crippen molar-refractivity contribution >= 4 is 22.4 Å². The summed E-state index contributed by atoms with van der Waals surface area (Å²) in [5.41, 5.74) is 0.784. The van der Waals surface area contributed by atoms with Crippen molar-refractivity contribution in [2.24, 2.45) is 5.92 Å². The van der Waals surface area contributed by atoms with Gasteiger partial charge in [-0.05, 0) is 24.8 Å². The van der Waals surface area contributed by atoms with Crippen LogP contribution in [-0.2, 0) is 14.9 Å². The molecule has 0 spiro atoms. The summed E-state index contributed by atoms with van der Waals surface area (Å²) in [4.78, 5) is 17.0. The molecule has 26 heavy (non-hydrogen) atoms. The standard InChI is InChI=1S/C20H26N2O3S/c1-14(2)17-12-20(8-10-25-17,15-6-4-5-7-16(15)24-3)13-18(23)22-19-21-9-11-26-19/h4-7,9,11,14,17H,8,10,12-13H2,1-3H3,(H,21,22,23)/t17-,20+/m0/s1. The first-order valence-electron chi connectivity index (χ1n) is 8.98. The molecule has 0 bridgehead atoms. The third kappa shape index (κ3) is 4.07. The van der Waals surface area contributed by atoms with Crippen LogP contribution in [0.4, 0.5) is 5.13 Å². The van der Waals surface area contributed by atoms with Crippen molar-refractivity contribution in [1.29, 1.82) is 0 Å². The number of rotatable bonds is 6. The minimum Gasteiger partial charge on any atom is -0.496 e. The van der Waals surface area contributed by atoms with Crippen molar-refractivity contribution in [2.75, 3.05) is 19.0 Å². The highest BCUT2D eigenvalue weighted by Crippen LogP contribution is 2.45. The zero-order valence-electron chi connectivity index (χ0n) is 15.5. The lowest BCUT2D eigenvalue weighted by atomic mass is 9.68. The maximum absolute atomic E-state index is 12.8. The van der Waals surface area contributed by atoms with E-state index in [2.05, 4.69) is 30.2 Å². The molecule has 0 radical (unpaired) electrons. The van der Waals surface area contributed by atoms with Gasteiger partial charge in [0.15, 0.2) is 5.13 Å². The number of nitrogens with zero attached hydrogens (tertiary/aromatic N) is 1. The number of methoxy groups -OCH3 is 1. The lowest BCUT2D eigenvalue weighted by molar-refractivity contribution is -0.119. The molecule has 6 heteroatoms. The third-order valence-electron chi connectivity index (χ3n) is 5.10. The van der Waals surface area contributed by atoms with Crippen molar-refractivity contribution < 1.29 is 14.3 Å². The van der Waals surface area contributed by atoms with Crippen LogP contribution in [0, 0.1) is 5.92 Å². The van der Waals surface area contributed by atoms with Gasteiger partial charge in [-0.2, -0.15) is 0 Å². The number of carbonyl (C=O) groups excluding carboxylic acids is 1. The second kappa shape index (κ2) is 8.18. The summed E-state index contributed by atoms with van der Waals surface area (Å²) in [6.07, 6.45) is 3.80. The van der Waals surface area contributed by atoms with E-state index in [1.165, 1.54) is 11.3 Å². The highest BCUT2D eigenvalue weighted by molar-refractivity contribution is 7.13. The van der Waals surface area contributed by atoms with E-state index in [9.17, 15) is 4.79 Å². The van der Waals surface area contributed by atoms with Crippen LogP contribution in [0.1, 0.15) is 38.7 Å². The van der Waals surface area contributed by atoms with Gasteiger partial charge in [-0.25, -0.2) is 4.98 Å². The Hall–Kier alpha value is -1.92. The Kier molecular flexibility index (Phi) is 5.94. The summed E-state index contributed by atoms with van der Waals surface area (Å²) in [7, 11) is 1.68. The topological polar surface area (TPSA) is 60.5 Å². The number of thiazole rings is 1. The molecule has 0 aliphatic carbocycles. The van der Waals surface area contributed by atoms with E-state index in [0.29, 0.717) is 24.1 Å². The van der Waals surface area contributed by atoms with Gasteiger partial charge in [0.05, 0.1) is 13.2 Å². The van der Waals surface area contributed by atoms with Gasteiger partial charge in [0, 0.05) is 35.6 Å². The zero-order chi connectivity index (χ0) is 18.6. The fourth-order valence-corrected chi connectivity index (χ4v) is 4.26. The van der Waals surface area contributed by atoms with Crippen LogP contribution in [0.5, 0.6) is 5.75 Å². The number of carbonyl (C=O) groups is 1. The lowest BCUT2D eigenvalue weighted by Gasteiger charge is -2.43. The minimum absolute atomic E-state index is 0.0183. The van der Waals surface area contributed by atoms with Crippen molar-refractivity contribution in [3.05, 3.63) is 41.4 Å². The fraction of sp³-hybridized carbons (Fsp3) is 0.500. The summed E-state index contributed by atoms with van der Waals surface area (Å²) in [6.45, 7) is 4.97. The van der Waals surface area contributed by atoms with E-state index in [0.717, 1.165) is 24.2 Å². The highest BCUT2D eigenvalue weighted by atomic mass is 32.1. The summed E-state index contributed by atoms with van der Waals surface area (Å²) >= 11 is 1.43. The quantitative estimate of drug-likeness (QED) is 0.821. The van der Waals surface area contributed by atoms with Gasteiger partial charge in [-0.1, -0.05) is 32.0 Å². The van der Waals surface area contributed by atoms with E-state index >= 15 is 0 Å². The molecule has 1 amide bonds. The fourth-order valence-electron chi connectivity index (χ4n) is 3.72. The van der Waals surface area contributed by atoms with Gasteiger partial charge in [0.1, 0.15) is 5.75 Å². The second-order valence-electron chi connectivity index (χ2n) is 7.15. The van der Waals surface area contributed by atoms with E-state index < -0.39 is 0 Å². The molecule has 1 aliphatic heterocycles. The van der Waals surface area contributed by atoms with Crippen molar-refractivity contribution in [3.8, 4) is 5.75 Å². The molecule has 1 aliphatic rings. The average molecular weight is 375 g/mol. The third-order valence-corrected chi connectivity index (χ3v) is 5.79. The molecule has 2 heterocycles. The van der Waals surface area contributed by atoms with Gasteiger partial charge in [-0.15, -0.1) is 11.3 Å². The lowest BCUT2D eigenvalue weighted by Crippen LogP contribution is -2.43. The number of aromatic nitrogens is 1. The molecular weight excluding hydrogens is 348 g/mol. The summed E-state index contributed by atoms with van der Waals surface area (Å²) < 4.78 is 11.6. The van der Waals surface area contributed by atoms with Gasteiger partial charge in [0.2, 0.25) is 5.91 Å². The molecule has 1 aromatic carbocycles. The number of benzene rings is 1. The normalized spacial score (nSPS) is 23.0. The van der Waals surface area contributed by atoms with E-state index in [4.69, 9.17) is 9.47 Å². The first-order chi connectivity index (χ1) is 12.5. The van der Waals surface area contributed by atoms with Crippen LogP contribution in [-0.4, -0.2) is 30.7 Å². The number of nitrogens with one attached hydrogen (secondary N) is 1. The number of ether oxygens (including phenoxy) is 2. The molecule has 140 valence electrons. The number of anilines is 1. The molecule has 0 unspecified atom stereocenters. The van der Waals surface area contributed by atoms with E-state index in [-0.39, 0.29) is 17.4 Å². The molecule has 2 atom stereocenters. The molecule has 5 nitrogen and oxygen atoms in total. The van der Waals surface area contributed by atoms with Crippen molar-refractivity contribution in [3.63, 3.8) is 0 Å². The smallest absolute Gasteiger partial charge is 0.227 e. The SMILES string of the molecule is COc1ccccc1[C@]1(CC(=O)Nc2nccs2)CCO[C@H](C(C)C)C1. The molecule has 1 N–H and O–H groups in total. The van der Waals surface area contributed by atoms with Crippen LogP contribution >= 0.6 is 11.3 Å². The molecule has 3 rings (SSSR count). The summed E-state index contributed by atoms with van der Waals surface area (Å²) in [6, 6.07) is 8.02. The highest BCUT2D eigenvalue weighted by Gasteiger charge is 2.42. The maximum atomic E-state index is 12.8. The number of amides is 1. The monoisotopic (exact) mass is 374 g/mol. The molecule has 1 aromatic heterocycles. The van der Waals surface area contributed by atoms with Crippen LogP contribution < -0.4 is 10.1 Å². The minimum atomic E-state index is -0.304. The van der Waals surface area contributed by atoms with Crippen LogP contribution in [0.25, 0.3) is 0 Å². The molecule has 1 saturated heterocycles. The van der Waals surface area contributed by atoms with E-state index in [1.54, 1.807) is 13.3 Å². The number of hydrogen-bond donors (Lipinski definition) is 1. The average Bonchev–Trinajstić information content (AvgIpc) is 3.14. The first kappa shape index (κ1) is 18.9. The van der Waals surface area contributed by atoms with Crippen LogP contribution in [0.2, 0.25) is 0 Å². The second-order valence-corrected chi connectivity index (χ2v) is 8.04. The predicted octanol–water partition coefficient (Wildman–Crippen LogP) is 4.25. The maximum Gasteiger partial charge on any atom is 0.227 e. The Labute approximate surface area is 158 Å². The number of para-hydroxylation sites is 1. The Morgan fingerprint density at radius 1 is 1.46 bits per heavy atom. The summed E-state index contributed by atoms with van der Waals surface area (Å²) in [5.74, 6) is 1.21. The Morgan fingerprint density at radius 2 is 2.27 bits per heavy atom. The van der Waals surface area contributed by atoms with Crippen molar-refractivity contribution in [1.82, 2.24) is 4.98 Å². The van der Waals surface area contributed by atoms with Gasteiger partial charge < -0.3 is 14.8 Å². The Morgan fingerprint density at radius 3 is 2.96 bits per heavy atom. The molecule has 1 fully saturated rings. The number of hydrogen-bond acceptors (Lipinski definition) is 5.